The number of hydrogen-bond donors (Lipinski definition) is 2. The molecule has 1 fully saturated rings. The Labute approximate surface area is 176 Å². The zero-order chi connectivity index (χ0) is 20.9. The summed E-state index contributed by atoms with van der Waals surface area (Å²) in [4.78, 5) is 9.71. The van der Waals surface area contributed by atoms with Crippen molar-refractivity contribution in [2.75, 3.05) is 73.2 Å². The molecule has 7 nitrogen and oxygen atoms in total. The van der Waals surface area contributed by atoms with E-state index in [1.807, 2.05) is 0 Å². The summed E-state index contributed by atoms with van der Waals surface area (Å²) in [5, 5.41) is 6.82. The van der Waals surface area contributed by atoms with Gasteiger partial charge in [-0.15, -0.1) is 0 Å². The summed E-state index contributed by atoms with van der Waals surface area (Å²) in [7, 11) is 3.89. The summed E-state index contributed by atoms with van der Waals surface area (Å²) < 4.78 is 11.0. The SMILES string of the molecule is CCNC(=NCc1ccc(C)cc1OCCOC)NCCN1CCCN(C)CC1. The van der Waals surface area contributed by atoms with Crippen molar-refractivity contribution in [2.24, 2.45) is 4.99 Å². The number of aliphatic imine (C=N–C) groups is 1. The molecule has 0 saturated carbocycles. The van der Waals surface area contributed by atoms with E-state index in [1.54, 1.807) is 7.11 Å². The predicted octanol–water partition coefficient (Wildman–Crippen LogP) is 1.71. The third kappa shape index (κ3) is 9.02. The van der Waals surface area contributed by atoms with E-state index in [9.17, 15) is 0 Å². The number of likely N-dealkylation sites (N-methyl/N-ethyl adjacent to an activating group) is 1. The standard InChI is InChI=1S/C22H39N5O2/c1-5-23-22(24-9-12-27-11-6-10-26(3)13-14-27)25-18-20-8-7-19(2)17-21(20)29-16-15-28-4/h7-8,17H,5-6,9-16,18H2,1-4H3,(H2,23,24,25). The Balaban J connectivity index is 1.89. The van der Waals surface area contributed by atoms with Gasteiger partial charge < -0.3 is 29.9 Å². The molecule has 1 heterocycles. The maximum Gasteiger partial charge on any atom is 0.191 e. The van der Waals surface area contributed by atoms with Crippen LogP contribution in [0.15, 0.2) is 23.2 Å². The zero-order valence-corrected chi connectivity index (χ0v) is 18.7. The normalized spacial score (nSPS) is 16.5. The van der Waals surface area contributed by atoms with E-state index in [0.717, 1.165) is 50.0 Å². The second kappa shape index (κ2) is 13.4. The molecule has 29 heavy (non-hydrogen) atoms. The minimum absolute atomic E-state index is 0.542. The Kier molecular flexibility index (Phi) is 10.8. The van der Waals surface area contributed by atoms with Gasteiger partial charge in [-0.25, -0.2) is 4.99 Å². The van der Waals surface area contributed by atoms with E-state index in [4.69, 9.17) is 14.5 Å². The minimum atomic E-state index is 0.542. The van der Waals surface area contributed by atoms with Crippen molar-refractivity contribution in [3.05, 3.63) is 29.3 Å². The Morgan fingerprint density at radius 2 is 2.00 bits per heavy atom. The summed E-state index contributed by atoms with van der Waals surface area (Å²) in [5.41, 5.74) is 2.26. The number of ether oxygens (including phenoxy) is 2. The molecule has 0 aromatic heterocycles. The molecule has 0 spiro atoms. The van der Waals surface area contributed by atoms with Crippen LogP contribution in [0.25, 0.3) is 0 Å². The van der Waals surface area contributed by atoms with Gasteiger partial charge in [0.05, 0.1) is 13.2 Å². The van der Waals surface area contributed by atoms with Gasteiger partial charge in [0.1, 0.15) is 12.4 Å². The zero-order valence-electron chi connectivity index (χ0n) is 18.7. The molecule has 0 bridgehead atoms. The van der Waals surface area contributed by atoms with Crippen LogP contribution in [0.4, 0.5) is 0 Å². The second-order valence-corrected chi connectivity index (χ2v) is 7.57. The highest BCUT2D eigenvalue weighted by Gasteiger charge is 2.11. The number of benzene rings is 1. The molecule has 1 saturated heterocycles. The molecule has 1 aromatic carbocycles. The lowest BCUT2D eigenvalue weighted by Crippen LogP contribution is -2.42. The Bertz CT molecular complexity index is 623. The molecule has 0 atom stereocenters. The largest absolute Gasteiger partial charge is 0.491 e. The van der Waals surface area contributed by atoms with Crippen molar-refractivity contribution in [2.45, 2.75) is 26.8 Å². The molecule has 0 radical (unpaired) electrons. The lowest BCUT2D eigenvalue weighted by Gasteiger charge is -2.21. The molecule has 2 rings (SSSR count). The Morgan fingerprint density at radius 1 is 1.14 bits per heavy atom. The van der Waals surface area contributed by atoms with E-state index in [1.165, 1.54) is 25.1 Å². The van der Waals surface area contributed by atoms with Crippen LogP contribution < -0.4 is 15.4 Å². The highest BCUT2D eigenvalue weighted by Crippen LogP contribution is 2.21. The van der Waals surface area contributed by atoms with Gasteiger partial charge in [-0.3, -0.25) is 0 Å². The summed E-state index contributed by atoms with van der Waals surface area (Å²) in [6.45, 7) is 13.3. The van der Waals surface area contributed by atoms with Crippen LogP contribution >= 0.6 is 0 Å². The van der Waals surface area contributed by atoms with E-state index >= 15 is 0 Å². The highest BCUT2D eigenvalue weighted by molar-refractivity contribution is 5.79. The number of nitrogens with one attached hydrogen (secondary N) is 2. The second-order valence-electron chi connectivity index (χ2n) is 7.57. The summed E-state index contributed by atoms with van der Waals surface area (Å²) in [6.07, 6.45) is 1.24. The van der Waals surface area contributed by atoms with Crippen molar-refractivity contribution in [1.29, 1.82) is 0 Å². The van der Waals surface area contributed by atoms with Crippen molar-refractivity contribution in [1.82, 2.24) is 20.4 Å². The lowest BCUT2D eigenvalue weighted by atomic mass is 10.1. The van der Waals surface area contributed by atoms with Crippen LogP contribution in [0.3, 0.4) is 0 Å². The smallest absolute Gasteiger partial charge is 0.191 e. The van der Waals surface area contributed by atoms with Gasteiger partial charge in [-0.2, -0.15) is 0 Å². The molecule has 0 aliphatic carbocycles. The fourth-order valence-electron chi connectivity index (χ4n) is 3.32. The predicted molar refractivity (Wildman–Crippen MR) is 120 cm³/mol. The van der Waals surface area contributed by atoms with Gasteiger partial charge in [-0.05, 0) is 52.0 Å². The molecular weight excluding hydrogens is 366 g/mol. The Hall–Kier alpha value is -1.83. The highest BCUT2D eigenvalue weighted by atomic mass is 16.5. The molecule has 1 aliphatic heterocycles. The third-order valence-electron chi connectivity index (χ3n) is 5.05. The fourth-order valence-corrected chi connectivity index (χ4v) is 3.32. The van der Waals surface area contributed by atoms with Crippen molar-refractivity contribution in [3.8, 4) is 5.75 Å². The van der Waals surface area contributed by atoms with Crippen LogP contribution in [0.2, 0.25) is 0 Å². The maximum absolute atomic E-state index is 5.89. The van der Waals surface area contributed by atoms with E-state index in [2.05, 4.69) is 59.5 Å². The molecule has 0 unspecified atom stereocenters. The molecule has 164 valence electrons. The number of aryl methyl sites for hydroxylation is 1. The summed E-state index contributed by atoms with van der Waals surface area (Å²) >= 11 is 0. The summed E-state index contributed by atoms with van der Waals surface area (Å²) in [6, 6.07) is 6.26. The van der Waals surface area contributed by atoms with Crippen LogP contribution in [-0.4, -0.2) is 88.9 Å². The van der Waals surface area contributed by atoms with E-state index in [-0.39, 0.29) is 0 Å². The first-order chi connectivity index (χ1) is 14.1. The fraction of sp³-hybridized carbons (Fsp3) is 0.682. The molecule has 1 aliphatic rings. The van der Waals surface area contributed by atoms with Crippen molar-refractivity contribution in [3.63, 3.8) is 0 Å². The first-order valence-electron chi connectivity index (χ1n) is 10.8. The van der Waals surface area contributed by atoms with Gasteiger partial charge in [0.25, 0.3) is 0 Å². The molecule has 1 aromatic rings. The van der Waals surface area contributed by atoms with Crippen molar-refractivity contribution >= 4 is 5.96 Å². The van der Waals surface area contributed by atoms with Gasteiger partial charge >= 0.3 is 0 Å². The van der Waals surface area contributed by atoms with Gasteiger partial charge in [0, 0.05) is 45.4 Å². The van der Waals surface area contributed by atoms with Crippen LogP contribution in [0.5, 0.6) is 5.75 Å². The van der Waals surface area contributed by atoms with Crippen LogP contribution in [0.1, 0.15) is 24.5 Å². The number of methoxy groups -OCH3 is 1. The number of nitrogens with zero attached hydrogens (tertiary/aromatic N) is 3. The summed E-state index contributed by atoms with van der Waals surface area (Å²) in [5.74, 6) is 1.73. The average Bonchev–Trinajstić information content (AvgIpc) is 2.91. The number of rotatable bonds is 10. The quantitative estimate of drug-likeness (QED) is 0.351. The van der Waals surface area contributed by atoms with Gasteiger partial charge in [0.2, 0.25) is 0 Å². The van der Waals surface area contributed by atoms with Gasteiger partial charge in [-0.1, -0.05) is 12.1 Å². The van der Waals surface area contributed by atoms with E-state index in [0.29, 0.717) is 19.8 Å². The lowest BCUT2D eigenvalue weighted by molar-refractivity contribution is 0.145. The first-order valence-corrected chi connectivity index (χ1v) is 10.8. The monoisotopic (exact) mass is 405 g/mol. The number of hydrogen-bond acceptors (Lipinski definition) is 5. The van der Waals surface area contributed by atoms with Gasteiger partial charge in [0.15, 0.2) is 5.96 Å². The average molecular weight is 406 g/mol. The molecule has 7 heteroatoms. The topological polar surface area (TPSA) is 61.4 Å². The van der Waals surface area contributed by atoms with E-state index < -0.39 is 0 Å². The maximum atomic E-state index is 5.89. The van der Waals surface area contributed by atoms with Crippen LogP contribution in [0, 0.1) is 6.92 Å². The number of guanidine groups is 1. The molecule has 0 amide bonds. The molecular formula is C22H39N5O2. The van der Waals surface area contributed by atoms with Crippen molar-refractivity contribution < 1.29 is 9.47 Å². The first kappa shape index (κ1) is 23.4. The third-order valence-corrected chi connectivity index (χ3v) is 5.05. The minimum Gasteiger partial charge on any atom is -0.491 e. The molecule has 2 N–H and O–H groups in total. The van der Waals surface area contributed by atoms with Crippen LogP contribution in [-0.2, 0) is 11.3 Å². The Morgan fingerprint density at radius 3 is 2.79 bits per heavy atom.